The van der Waals surface area contributed by atoms with E-state index in [4.69, 9.17) is 0 Å². The number of para-hydroxylation sites is 1. The van der Waals surface area contributed by atoms with Crippen molar-refractivity contribution >= 4 is 16.8 Å². The molecule has 0 atom stereocenters. The number of aliphatic hydroxyl groups excluding tert-OH is 1. The van der Waals surface area contributed by atoms with Crippen LogP contribution in [0.3, 0.4) is 0 Å². The van der Waals surface area contributed by atoms with Crippen molar-refractivity contribution in [1.82, 2.24) is 14.8 Å². The number of nitrogens with one attached hydrogen (secondary N) is 1. The Morgan fingerprint density at radius 3 is 2.26 bits per heavy atom. The lowest BCUT2D eigenvalue weighted by molar-refractivity contribution is -0.135. The summed E-state index contributed by atoms with van der Waals surface area (Å²) in [6.07, 6.45) is 2.83. The summed E-state index contributed by atoms with van der Waals surface area (Å²) in [6.45, 7) is 16.2. The number of carbonyl (C=O) groups is 1. The van der Waals surface area contributed by atoms with Crippen LogP contribution in [-0.4, -0.2) is 57.1 Å². The second kappa shape index (κ2) is 11.0. The second-order valence-electron chi connectivity index (χ2n) is 11.6. The van der Waals surface area contributed by atoms with Crippen molar-refractivity contribution in [2.75, 3.05) is 19.7 Å². The van der Waals surface area contributed by atoms with Gasteiger partial charge in [-0.1, -0.05) is 63.2 Å². The molecule has 5 heteroatoms. The van der Waals surface area contributed by atoms with Crippen LogP contribution in [0.2, 0.25) is 0 Å². The quantitative estimate of drug-likeness (QED) is 0.404. The smallest absolute Gasteiger partial charge is 0.237 e. The van der Waals surface area contributed by atoms with Gasteiger partial charge in [-0.05, 0) is 62.3 Å². The van der Waals surface area contributed by atoms with Crippen molar-refractivity contribution in [3.63, 3.8) is 0 Å². The van der Waals surface area contributed by atoms with Gasteiger partial charge in [0.2, 0.25) is 5.91 Å². The normalized spacial score (nSPS) is 12.6. The fraction of sp³-hybridized carbons (Fsp3) is 0.500. The lowest BCUT2D eigenvalue weighted by Crippen LogP contribution is -2.54. The molecule has 190 valence electrons. The summed E-state index contributed by atoms with van der Waals surface area (Å²) in [6, 6.07) is 17.1. The minimum absolute atomic E-state index is 0.00205. The monoisotopic (exact) mass is 477 g/mol. The molecule has 0 spiro atoms. The molecule has 35 heavy (non-hydrogen) atoms. The highest BCUT2D eigenvalue weighted by atomic mass is 16.3. The number of fused-ring (bicyclic) bond motifs is 1. The molecule has 3 aromatic rings. The summed E-state index contributed by atoms with van der Waals surface area (Å²) in [7, 11) is 0. The van der Waals surface area contributed by atoms with Gasteiger partial charge in [-0.15, -0.1) is 0 Å². The Morgan fingerprint density at radius 2 is 1.66 bits per heavy atom. The molecule has 2 aromatic carbocycles. The Bertz CT molecular complexity index is 1110. The summed E-state index contributed by atoms with van der Waals surface area (Å²) in [4.78, 5) is 21.1. The Balaban J connectivity index is 1.83. The number of rotatable bonds is 10. The zero-order valence-electron chi connectivity index (χ0n) is 22.6. The van der Waals surface area contributed by atoms with Crippen LogP contribution in [-0.2, 0) is 23.2 Å². The van der Waals surface area contributed by atoms with Crippen molar-refractivity contribution in [2.24, 2.45) is 0 Å². The molecule has 1 amide bonds. The first-order chi connectivity index (χ1) is 16.4. The van der Waals surface area contributed by atoms with Crippen molar-refractivity contribution < 1.29 is 9.90 Å². The van der Waals surface area contributed by atoms with E-state index in [-0.39, 0.29) is 30.5 Å². The summed E-state index contributed by atoms with van der Waals surface area (Å²) in [5.74, 6) is 0.0833. The maximum Gasteiger partial charge on any atom is 0.237 e. The van der Waals surface area contributed by atoms with Crippen molar-refractivity contribution in [1.29, 1.82) is 0 Å². The van der Waals surface area contributed by atoms with Gasteiger partial charge in [0.1, 0.15) is 0 Å². The predicted molar refractivity (Wildman–Crippen MR) is 146 cm³/mol. The number of aromatic nitrogens is 1. The van der Waals surface area contributed by atoms with Gasteiger partial charge in [0.25, 0.3) is 0 Å². The fourth-order valence-electron chi connectivity index (χ4n) is 4.65. The summed E-state index contributed by atoms with van der Waals surface area (Å²) in [5.41, 5.74) is 4.38. The maximum absolute atomic E-state index is 13.7. The van der Waals surface area contributed by atoms with Crippen LogP contribution < -0.4 is 0 Å². The van der Waals surface area contributed by atoms with E-state index in [2.05, 4.69) is 93.2 Å². The minimum Gasteiger partial charge on any atom is -0.394 e. The van der Waals surface area contributed by atoms with E-state index in [9.17, 15) is 9.90 Å². The Kier molecular flexibility index (Phi) is 8.45. The van der Waals surface area contributed by atoms with Gasteiger partial charge in [0.15, 0.2) is 0 Å². The van der Waals surface area contributed by atoms with Crippen molar-refractivity contribution in [3.8, 4) is 0 Å². The summed E-state index contributed by atoms with van der Waals surface area (Å²) >= 11 is 0. The predicted octanol–water partition coefficient (Wildman–Crippen LogP) is 5.52. The standard InChI is InChI=1S/C30H43N3O2/c1-22(2)33(30(6,7)21-34)20-28(35)32(19-23-12-14-25(15-13-23)29(3,4)5)17-16-24-18-31-27-11-9-8-10-26(24)27/h8-15,18,22,31,34H,16-17,19-21H2,1-7H3. The number of carbonyl (C=O) groups excluding carboxylic acids is 1. The zero-order chi connectivity index (χ0) is 25.8. The molecule has 0 aliphatic carbocycles. The number of hydrogen-bond donors (Lipinski definition) is 2. The van der Waals surface area contributed by atoms with Crippen LogP contribution in [0.4, 0.5) is 0 Å². The van der Waals surface area contributed by atoms with Gasteiger partial charge in [-0.2, -0.15) is 0 Å². The minimum atomic E-state index is -0.472. The SMILES string of the molecule is CC(C)N(CC(=O)N(CCc1c[nH]c2ccccc12)Cc1ccc(C(C)(C)C)cc1)C(C)(C)CO. The molecule has 5 nitrogen and oxygen atoms in total. The highest BCUT2D eigenvalue weighted by Crippen LogP contribution is 2.24. The lowest BCUT2D eigenvalue weighted by Gasteiger charge is -2.40. The molecule has 0 unspecified atom stereocenters. The van der Waals surface area contributed by atoms with Crippen molar-refractivity contribution in [2.45, 2.75) is 78.4 Å². The van der Waals surface area contributed by atoms with Gasteiger partial charge in [-0.3, -0.25) is 9.69 Å². The van der Waals surface area contributed by atoms with E-state index in [1.54, 1.807) is 0 Å². The number of aromatic amines is 1. The first-order valence-corrected chi connectivity index (χ1v) is 12.7. The number of benzene rings is 2. The molecule has 1 aromatic heterocycles. The average Bonchev–Trinajstić information content (AvgIpc) is 3.22. The number of H-pyrrole nitrogens is 1. The van der Waals surface area contributed by atoms with Crippen molar-refractivity contribution in [3.05, 3.63) is 71.4 Å². The second-order valence-corrected chi connectivity index (χ2v) is 11.6. The van der Waals surface area contributed by atoms with E-state index < -0.39 is 5.54 Å². The highest BCUT2D eigenvalue weighted by Gasteiger charge is 2.31. The molecule has 0 aliphatic rings. The van der Waals surface area contributed by atoms with Crippen LogP contribution in [0.1, 0.15) is 65.2 Å². The van der Waals surface area contributed by atoms with Crippen LogP contribution >= 0.6 is 0 Å². The van der Waals surface area contributed by atoms with E-state index in [0.717, 1.165) is 17.5 Å². The first-order valence-electron chi connectivity index (χ1n) is 12.7. The van der Waals surface area contributed by atoms with Gasteiger partial charge >= 0.3 is 0 Å². The summed E-state index contributed by atoms with van der Waals surface area (Å²) in [5, 5.41) is 11.2. The molecule has 0 radical (unpaired) electrons. The zero-order valence-corrected chi connectivity index (χ0v) is 22.6. The number of amides is 1. The van der Waals surface area contributed by atoms with Crippen LogP contribution in [0.5, 0.6) is 0 Å². The molecule has 3 rings (SSSR count). The molecule has 0 saturated heterocycles. The average molecular weight is 478 g/mol. The molecule has 0 bridgehead atoms. The van der Waals surface area contributed by atoms with Gasteiger partial charge in [0.05, 0.1) is 13.2 Å². The van der Waals surface area contributed by atoms with Gasteiger partial charge in [-0.25, -0.2) is 0 Å². The third kappa shape index (κ3) is 6.74. The summed E-state index contributed by atoms with van der Waals surface area (Å²) < 4.78 is 0. The molecule has 1 heterocycles. The topological polar surface area (TPSA) is 59.6 Å². The van der Waals surface area contributed by atoms with E-state index in [1.165, 1.54) is 16.5 Å². The fourth-order valence-corrected chi connectivity index (χ4v) is 4.65. The molecule has 0 saturated carbocycles. The molecule has 0 aliphatic heterocycles. The third-order valence-corrected chi connectivity index (χ3v) is 6.97. The Labute approximate surface area is 211 Å². The van der Waals surface area contributed by atoms with E-state index >= 15 is 0 Å². The van der Waals surface area contributed by atoms with Gasteiger partial charge in [0, 0.05) is 41.8 Å². The van der Waals surface area contributed by atoms with Gasteiger partial charge < -0.3 is 15.0 Å². The molecule has 2 N–H and O–H groups in total. The largest absolute Gasteiger partial charge is 0.394 e. The lowest BCUT2D eigenvalue weighted by atomic mass is 9.87. The maximum atomic E-state index is 13.7. The Morgan fingerprint density at radius 1 is 1.00 bits per heavy atom. The molecular formula is C30H43N3O2. The van der Waals surface area contributed by atoms with E-state index in [0.29, 0.717) is 13.1 Å². The molecule has 0 fully saturated rings. The van der Waals surface area contributed by atoms with Crippen LogP contribution in [0.15, 0.2) is 54.7 Å². The Hall–Kier alpha value is -2.63. The van der Waals surface area contributed by atoms with E-state index in [1.807, 2.05) is 24.8 Å². The van der Waals surface area contributed by atoms with Crippen LogP contribution in [0, 0.1) is 0 Å². The number of aliphatic hydroxyl groups is 1. The van der Waals surface area contributed by atoms with Crippen LogP contribution in [0.25, 0.3) is 10.9 Å². The number of nitrogens with zero attached hydrogens (tertiary/aromatic N) is 2. The molecular weight excluding hydrogens is 434 g/mol. The first kappa shape index (κ1) is 27.0. The third-order valence-electron chi connectivity index (χ3n) is 6.97. The number of hydrogen-bond acceptors (Lipinski definition) is 3. The highest BCUT2D eigenvalue weighted by molar-refractivity contribution is 5.83.